The number of amides is 1. The van der Waals surface area contributed by atoms with Crippen molar-refractivity contribution in [1.29, 1.82) is 0 Å². The Morgan fingerprint density at radius 3 is 2.74 bits per heavy atom. The maximum absolute atomic E-state index is 11.5. The molecule has 0 aromatic heterocycles. The third-order valence-corrected chi connectivity index (χ3v) is 4.33. The van der Waals surface area contributed by atoms with E-state index in [2.05, 4.69) is 11.8 Å². The Hall–Kier alpha value is -0.650. The zero-order valence-corrected chi connectivity index (χ0v) is 12.4. The van der Waals surface area contributed by atoms with E-state index in [1.165, 1.54) is 0 Å². The molecule has 0 aliphatic heterocycles. The van der Waals surface area contributed by atoms with Crippen molar-refractivity contribution in [3.8, 4) is 0 Å². The van der Waals surface area contributed by atoms with Crippen LogP contribution in [0.3, 0.4) is 0 Å². The zero-order valence-electron chi connectivity index (χ0n) is 12.4. The first-order valence-corrected chi connectivity index (χ1v) is 7.43. The van der Waals surface area contributed by atoms with Crippen LogP contribution in [0, 0.1) is 5.92 Å². The highest BCUT2D eigenvalue weighted by Crippen LogP contribution is 2.35. The molecule has 0 bridgehead atoms. The Morgan fingerprint density at radius 2 is 2.16 bits per heavy atom. The molecule has 1 aliphatic rings. The van der Waals surface area contributed by atoms with Crippen LogP contribution in [-0.4, -0.2) is 49.2 Å². The van der Waals surface area contributed by atoms with Gasteiger partial charge in [0.25, 0.3) is 0 Å². The topological polar surface area (TPSA) is 81.6 Å². The number of ether oxygens (including phenoxy) is 1. The summed E-state index contributed by atoms with van der Waals surface area (Å²) in [6.07, 6.45) is 3.70. The highest BCUT2D eigenvalue weighted by molar-refractivity contribution is 5.85. The normalized spacial score (nSPS) is 27.1. The van der Waals surface area contributed by atoms with E-state index in [-0.39, 0.29) is 11.8 Å². The Bertz CT molecular complexity index is 286. The van der Waals surface area contributed by atoms with Crippen LogP contribution in [0.2, 0.25) is 0 Å². The highest BCUT2D eigenvalue weighted by Gasteiger charge is 2.43. The van der Waals surface area contributed by atoms with E-state index < -0.39 is 5.54 Å². The third kappa shape index (κ3) is 4.44. The number of carbonyl (C=O) groups is 1. The smallest absolute Gasteiger partial charge is 0.237 e. The largest absolute Gasteiger partial charge is 0.380 e. The summed E-state index contributed by atoms with van der Waals surface area (Å²) in [7, 11) is 0. The molecule has 1 rings (SSSR count). The van der Waals surface area contributed by atoms with Crippen LogP contribution in [0.4, 0.5) is 0 Å². The summed E-state index contributed by atoms with van der Waals surface area (Å²) in [5.74, 6) is -0.112. The summed E-state index contributed by atoms with van der Waals surface area (Å²) in [5.41, 5.74) is 10.9. The number of nitrogens with zero attached hydrogens (tertiary/aromatic N) is 1. The molecule has 1 amide bonds. The van der Waals surface area contributed by atoms with Crippen molar-refractivity contribution < 1.29 is 9.53 Å². The molecule has 0 heterocycles. The second-order valence-electron chi connectivity index (χ2n) is 5.41. The van der Waals surface area contributed by atoms with E-state index in [1.807, 2.05) is 6.92 Å². The molecule has 2 unspecified atom stereocenters. The van der Waals surface area contributed by atoms with Crippen LogP contribution in [0.5, 0.6) is 0 Å². The minimum absolute atomic E-state index is 0.228. The first kappa shape index (κ1) is 16.4. The van der Waals surface area contributed by atoms with Crippen molar-refractivity contribution in [3.05, 3.63) is 0 Å². The predicted molar refractivity (Wildman–Crippen MR) is 76.7 cm³/mol. The SMILES string of the molecule is CCOCCN(CC)CCC1CCCC1(N)C(N)=O. The molecule has 19 heavy (non-hydrogen) atoms. The monoisotopic (exact) mass is 271 g/mol. The summed E-state index contributed by atoms with van der Waals surface area (Å²) < 4.78 is 5.38. The second kappa shape index (κ2) is 7.82. The molecule has 4 N–H and O–H groups in total. The van der Waals surface area contributed by atoms with Crippen LogP contribution in [0.1, 0.15) is 39.5 Å². The van der Waals surface area contributed by atoms with E-state index in [9.17, 15) is 4.79 Å². The molecule has 0 saturated heterocycles. The molecule has 1 aliphatic carbocycles. The van der Waals surface area contributed by atoms with Gasteiger partial charge in [-0.3, -0.25) is 4.79 Å². The van der Waals surface area contributed by atoms with Gasteiger partial charge in [0, 0.05) is 13.2 Å². The summed E-state index contributed by atoms with van der Waals surface area (Å²) in [5, 5.41) is 0. The van der Waals surface area contributed by atoms with Crippen molar-refractivity contribution in [2.24, 2.45) is 17.4 Å². The van der Waals surface area contributed by atoms with E-state index in [0.29, 0.717) is 0 Å². The van der Waals surface area contributed by atoms with Crippen LogP contribution >= 0.6 is 0 Å². The van der Waals surface area contributed by atoms with Gasteiger partial charge in [-0.25, -0.2) is 0 Å². The van der Waals surface area contributed by atoms with Crippen molar-refractivity contribution in [3.63, 3.8) is 0 Å². The first-order valence-electron chi connectivity index (χ1n) is 7.43. The third-order valence-electron chi connectivity index (χ3n) is 4.33. The van der Waals surface area contributed by atoms with Crippen molar-refractivity contribution in [2.45, 2.75) is 45.1 Å². The minimum Gasteiger partial charge on any atom is -0.380 e. The fraction of sp³-hybridized carbons (Fsp3) is 0.929. The number of hydrogen-bond acceptors (Lipinski definition) is 4. The highest BCUT2D eigenvalue weighted by atomic mass is 16.5. The molecule has 1 fully saturated rings. The van der Waals surface area contributed by atoms with E-state index in [4.69, 9.17) is 16.2 Å². The van der Waals surface area contributed by atoms with Gasteiger partial charge >= 0.3 is 0 Å². The van der Waals surface area contributed by atoms with Crippen LogP contribution in [0.15, 0.2) is 0 Å². The Labute approximate surface area is 116 Å². The molecular weight excluding hydrogens is 242 g/mol. The quantitative estimate of drug-likeness (QED) is 0.605. The number of primary amides is 1. The lowest BCUT2D eigenvalue weighted by Crippen LogP contribution is -2.55. The van der Waals surface area contributed by atoms with E-state index >= 15 is 0 Å². The molecule has 0 aromatic carbocycles. The number of likely N-dealkylation sites (N-methyl/N-ethyl adjacent to an activating group) is 1. The molecule has 5 heteroatoms. The van der Waals surface area contributed by atoms with Gasteiger partial charge in [-0.2, -0.15) is 0 Å². The van der Waals surface area contributed by atoms with E-state index in [1.54, 1.807) is 0 Å². The summed E-state index contributed by atoms with van der Waals surface area (Å²) >= 11 is 0. The Kier molecular flexibility index (Phi) is 6.75. The standard InChI is InChI=1S/C14H29N3O2/c1-3-17(10-11-19-4-2)9-7-12-6-5-8-14(12,16)13(15)18/h12H,3-11,16H2,1-2H3,(H2,15,18). The summed E-state index contributed by atoms with van der Waals surface area (Å²) in [4.78, 5) is 13.9. The van der Waals surface area contributed by atoms with Crippen LogP contribution in [0.25, 0.3) is 0 Å². The maximum atomic E-state index is 11.5. The number of rotatable bonds is 9. The van der Waals surface area contributed by atoms with Gasteiger partial charge < -0.3 is 21.1 Å². The molecule has 112 valence electrons. The molecule has 1 saturated carbocycles. The van der Waals surface area contributed by atoms with Crippen molar-refractivity contribution in [2.75, 3.05) is 32.8 Å². The molecular formula is C14H29N3O2. The molecule has 0 spiro atoms. The Balaban J connectivity index is 2.39. The van der Waals surface area contributed by atoms with Gasteiger partial charge in [0.05, 0.1) is 12.1 Å². The fourth-order valence-corrected chi connectivity index (χ4v) is 2.93. The average molecular weight is 271 g/mol. The lowest BCUT2D eigenvalue weighted by atomic mass is 9.85. The number of carbonyl (C=O) groups excluding carboxylic acids is 1. The van der Waals surface area contributed by atoms with Crippen molar-refractivity contribution in [1.82, 2.24) is 4.90 Å². The average Bonchev–Trinajstić information content (AvgIpc) is 2.76. The van der Waals surface area contributed by atoms with Gasteiger partial charge in [-0.05, 0) is 45.2 Å². The minimum atomic E-state index is -0.778. The second-order valence-corrected chi connectivity index (χ2v) is 5.41. The Morgan fingerprint density at radius 1 is 1.42 bits per heavy atom. The van der Waals surface area contributed by atoms with Crippen molar-refractivity contribution >= 4 is 5.91 Å². The molecule has 0 aromatic rings. The maximum Gasteiger partial charge on any atom is 0.237 e. The first-order chi connectivity index (χ1) is 9.04. The van der Waals surface area contributed by atoms with Gasteiger partial charge in [0.15, 0.2) is 0 Å². The van der Waals surface area contributed by atoms with Crippen LogP contribution in [-0.2, 0) is 9.53 Å². The molecule has 5 nitrogen and oxygen atoms in total. The number of nitrogens with two attached hydrogens (primary N) is 2. The van der Waals surface area contributed by atoms with E-state index in [0.717, 1.165) is 58.5 Å². The van der Waals surface area contributed by atoms with Gasteiger partial charge in [0.1, 0.15) is 0 Å². The fourth-order valence-electron chi connectivity index (χ4n) is 2.93. The van der Waals surface area contributed by atoms with Gasteiger partial charge in [-0.15, -0.1) is 0 Å². The van der Waals surface area contributed by atoms with Gasteiger partial charge in [0.2, 0.25) is 5.91 Å². The predicted octanol–water partition coefficient (Wildman–Crippen LogP) is 0.718. The molecule has 2 atom stereocenters. The number of hydrogen-bond donors (Lipinski definition) is 2. The summed E-state index contributed by atoms with van der Waals surface area (Å²) in [6, 6.07) is 0. The van der Waals surface area contributed by atoms with Gasteiger partial charge in [-0.1, -0.05) is 13.3 Å². The zero-order chi connectivity index (χ0) is 14.3. The lowest BCUT2D eigenvalue weighted by molar-refractivity contribution is -0.124. The lowest BCUT2D eigenvalue weighted by Gasteiger charge is -2.30. The summed E-state index contributed by atoms with van der Waals surface area (Å²) in [6.45, 7) is 8.56. The van der Waals surface area contributed by atoms with Crippen LogP contribution < -0.4 is 11.5 Å². The molecule has 0 radical (unpaired) electrons.